The predicted molar refractivity (Wildman–Crippen MR) is 78.2 cm³/mol. The molecule has 2 aromatic carbocycles. The Kier molecular flexibility index (Phi) is 3.16. The van der Waals surface area contributed by atoms with E-state index in [4.69, 9.17) is 0 Å². The summed E-state index contributed by atoms with van der Waals surface area (Å²) in [4.78, 5) is 24.3. The Morgan fingerprint density at radius 1 is 0.952 bits per heavy atom. The summed E-state index contributed by atoms with van der Waals surface area (Å²) in [5, 5.41) is 10.5. The molecule has 2 amide bonds. The third-order valence-electron chi connectivity index (χ3n) is 3.11. The first kappa shape index (κ1) is 12.9. The molecule has 3 rings (SSSR count). The summed E-state index contributed by atoms with van der Waals surface area (Å²) in [5.41, 5.74) is 3.86. The van der Waals surface area contributed by atoms with Crippen LogP contribution in [-0.2, 0) is 9.59 Å². The van der Waals surface area contributed by atoms with Crippen LogP contribution in [0.15, 0.2) is 60.2 Å². The summed E-state index contributed by atoms with van der Waals surface area (Å²) < 4.78 is 0. The highest BCUT2D eigenvalue weighted by atomic mass is 16.3. The van der Waals surface area contributed by atoms with Crippen molar-refractivity contribution in [2.24, 2.45) is 0 Å². The van der Waals surface area contributed by atoms with E-state index in [1.807, 2.05) is 6.07 Å². The molecule has 5 heteroatoms. The van der Waals surface area contributed by atoms with E-state index >= 15 is 0 Å². The summed E-state index contributed by atoms with van der Waals surface area (Å²) in [5.74, 6) is -0.721. The second kappa shape index (κ2) is 5.13. The first-order valence-corrected chi connectivity index (χ1v) is 6.36. The lowest BCUT2D eigenvalue weighted by Crippen LogP contribution is -2.35. The largest absolute Gasteiger partial charge is 0.508 e. The van der Waals surface area contributed by atoms with Crippen LogP contribution in [0.4, 0.5) is 5.69 Å². The van der Waals surface area contributed by atoms with Gasteiger partial charge in [-0.1, -0.05) is 30.3 Å². The summed E-state index contributed by atoms with van der Waals surface area (Å²) in [7, 11) is 0. The van der Waals surface area contributed by atoms with Crippen LogP contribution in [0.1, 0.15) is 5.56 Å². The van der Waals surface area contributed by atoms with Crippen molar-refractivity contribution in [3.8, 4) is 5.75 Å². The Balaban J connectivity index is 1.92. The lowest BCUT2D eigenvalue weighted by Gasteiger charge is -2.13. The fraction of sp³-hybridized carbons (Fsp3) is 0. The van der Waals surface area contributed by atoms with Crippen LogP contribution in [0.5, 0.6) is 5.75 Å². The molecule has 0 aliphatic carbocycles. The quantitative estimate of drug-likeness (QED) is 0.651. The molecule has 1 aliphatic heterocycles. The average molecular weight is 280 g/mol. The lowest BCUT2D eigenvalue weighted by atomic mass is 10.1. The van der Waals surface area contributed by atoms with Gasteiger partial charge in [-0.25, -0.2) is 5.01 Å². The molecule has 0 atom stereocenters. The van der Waals surface area contributed by atoms with Gasteiger partial charge in [-0.2, -0.15) is 0 Å². The zero-order chi connectivity index (χ0) is 14.8. The van der Waals surface area contributed by atoms with Crippen LogP contribution in [0, 0.1) is 0 Å². The van der Waals surface area contributed by atoms with Crippen LogP contribution < -0.4 is 10.4 Å². The highest BCUT2D eigenvalue weighted by Crippen LogP contribution is 2.21. The molecule has 0 saturated carbocycles. The molecule has 1 aliphatic rings. The van der Waals surface area contributed by atoms with Gasteiger partial charge in [0, 0.05) is 0 Å². The Labute approximate surface area is 121 Å². The molecule has 1 heterocycles. The monoisotopic (exact) mass is 280 g/mol. The number of hydrogen-bond acceptors (Lipinski definition) is 3. The number of nitrogens with one attached hydrogen (secondary N) is 1. The molecule has 2 N–H and O–H groups in total. The van der Waals surface area contributed by atoms with Crippen LogP contribution in [0.3, 0.4) is 0 Å². The van der Waals surface area contributed by atoms with Crippen molar-refractivity contribution in [1.82, 2.24) is 5.43 Å². The number of benzene rings is 2. The zero-order valence-corrected chi connectivity index (χ0v) is 11.0. The Morgan fingerprint density at radius 2 is 1.62 bits per heavy atom. The van der Waals surface area contributed by atoms with Crippen molar-refractivity contribution in [2.45, 2.75) is 0 Å². The van der Waals surface area contributed by atoms with E-state index in [0.717, 1.165) is 0 Å². The van der Waals surface area contributed by atoms with Crippen molar-refractivity contribution >= 4 is 23.6 Å². The van der Waals surface area contributed by atoms with Crippen LogP contribution in [-0.4, -0.2) is 16.9 Å². The topological polar surface area (TPSA) is 69.6 Å². The number of anilines is 1. The number of carbonyl (C=O) groups excluding carboxylic acids is 2. The van der Waals surface area contributed by atoms with Gasteiger partial charge in [0.2, 0.25) is 0 Å². The van der Waals surface area contributed by atoms with E-state index in [2.05, 4.69) is 5.43 Å². The summed E-state index contributed by atoms with van der Waals surface area (Å²) in [6, 6.07) is 15.1. The van der Waals surface area contributed by atoms with E-state index in [1.165, 1.54) is 23.2 Å². The highest BCUT2D eigenvalue weighted by Gasteiger charge is 2.34. The highest BCUT2D eigenvalue weighted by molar-refractivity contribution is 6.31. The Hall–Kier alpha value is -3.08. The molecule has 0 spiro atoms. The third kappa shape index (κ3) is 2.49. The number of phenolic OH excluding ortho intramolecular Hbond substituents is 1. The van der Waals surface area contributed by atoms with Gasteiger partial charge >= 0.3 is 0 Å². The Morgan fingerprint density at radius 3 is 2.29 bits per heavy atom. The molecular weight excluding hydrogens is 268 g/mol. The van der Waals surface area contributed by atoms with Crippen molar-refractivity contribution in [2.75, 3.05) is 5.01 Å². The van der Waals surface area contributed by atoms with Gasteiger partial charge in [0.05, 0.1) is 5.69 Å². The average Bonchev–Trinajstić information content (AvgIpc) is 2.78. The zero-order valence-electron chi connectivity index (χ0n) is 11.0. The summed E-state index contributed by atoms with van der Waals surface area (Å²) in [6.07, 6.45) is 1.50. The number of nitrogens with zero attached hydrogens (tertiary/aromatic N) is 1. The molecule has 5 nitrogen and oxygen atoms in total. The SMILES string of the molecule is O=C1NN(c2ccccc2)C(=O)/C1=C/c1ccc(O)cc1. The van der Waals surface area contributed by atoms with Crippen molar-refractivity contribution in [3.63, 3.8) is 0 Å². The van der Waals surface area contributed by atoms with Crippen molar-refractivity contribution in [1.29, 1.82) is 0 Å². The standard InChI is InChI=1S/C16H12N2O3/c19-13-8-6-11(7-9-13)10-14-15(20)17-18(16(14)21)12-4-2-1-3-5-12/h1-10,19H,(H,17,20)/b14-10+. The van der Waals surface area contributed by atoms with Crippen molar-refractivity contribution < 1.29 is 14.7 Å². The smallest absolute Gasteiger partial charge is 0.282 e. The van der Waals surface area contributed by atoms with E-state index in [9.17, 15) is 14.7 Å². The van der Waals surface area contributed by atoms with Crippen LogP contribution >= 0.6 is 0 Å². The summed E-state index contributed by atoms with van der Waals surface area (Å²) >= 11 is 0. The summed E-state index contributed by atoms with van der Waals surface area (Å²) in [6.45, 7) is 0. The minimum atomic E-state index is -0.447. The number of phenols is 1. The molecule has 1 saturated heterocycles. The molecular formula is C16H12N2O3. The molecule has 0 bridgehead atoms. The second-order valence-electron chi connectivity index (χ2n) is 4.57. The fourth-order valence-electron chi connectivity index (χ4n) is 2.05. The van der Waals surface area contributed by atoms with Crippen LogP contribution in [0.25, 0.3) is 6.08 Å². The molecule has 0 unspecified atom stereocenters. The third-order valence-corrected chi connectivity index (χ3v) is 3.11. The predicted octanol–water partition coefficient (Wildman–Crippen LogP) is 1.85. The molecule has 0 radical (unpaired) electrons. The van der Waals surface area contributed by atoms with Crippen molar-refractivity contribution in [3.05, 3.63) is 65.7 Å². The number of aromatic hydroxyl groups is 1. The maximum atomic E-state index is 12.3. The lowest BCUT2D eigenvalue weighted by molar-refractivity contribution is -0.117. The second-order valence-corrected chi connectivity index (χ2v) is 4.57. The van der Waals surface area contributed by atoms with Gasteiger partial charge in [0.15, 0.2) is 0 Å². The van der Waals surface area contributed by atoms with E-state index < -0.39 is 11.8 Å². The molecule has 21 heavy (non-hydrogen) atoms. The van der Waals surface area contributed by atoms with Gasteiger partial charge in [0.1, 0.15) is 11.3 Å². The first-order valence-electron chi connectivity index (χ1n) is 6.36. The first-order chi connectivity index (χ1) is 10.1. The molecule has 0 aromatic heterocycles. The van der Waals surface area contributed by atoms with E-state index in [1.54, 1.807) is 36.4 Å². The number of hydrazine groups is 1. The van der Waals surface area contributed by atoms with Gasteiger partial charge in [-0.15, -0.1) is 0 Å². The molecule has 2 aromatic rings. The van der Waals surface area contributed by atoms with E-state index in [-0.39, 0.29) is 11.3 Å². The van der Waals surface area contributed by atoms with E-state index in [0.29, 0.717) is 11.3 Å². The number of hydrogen-bond donors (Lipinski definition) is 2. The minimum absolute atomic E-state index is 0.0598. The molecule has 1 fully saturated rings. The maximum absolute atomic E-state index is 12.3. The number of para-hydroxylation sites is 1. The number of carbonyl (C=O) groups is 2. The van der Waals surface area contributed by atoms with Gasteiger partial charge in [-0.3, -0.25) is 15.0 Å². The van der Waals surface area contributed by atoms with Gasteiger partial charge < -0.3 is 5.11 Å². The minimum Gasteiger partial charge on any atom is -0.508 e. The molecule has 104 valence electrons. The van der Waals surface area contributed by atoms with Gasteiger partial charge in [0.25, 0.3) is 11.8 Å². The maximum Gasteiger partial charge on any atom is 0.282 e. The fourth-order valence-corrected chi connectivity index (χ4v) is 2.05. The number of rotatable bonds is 2. The Bertz CT molecular complexity index is 721. The van der Waals surface area contributed by atoms with Gasteiger partial charge in [-0.05, 0) is 35.9 Å². The number of amides is 2. The van der Waals surface area contributed by atoms with Crippen LogP contribution in [0.2, 0.25) is 0 Å². The normalized spacial score (nSPS) is 16.4.